The molecule has 0 spiro atoms. The number of carbonyl (C=O) groups excluding carboxylic acids is 1. The molecule has 5 nitrogen and oxygen atoms in total. The molecule has 1 atom stereocenters. The summed E-state index contributed by atoms with van der Waals surface area (Å²) in [5, 5.41) is 9.86. The first kappa shape index (κ1) is 21.5. The van der Waals surface area contributed by atoms with Gasteiger partial charge in [0.25, 0.3) is 0 Å². The van der Waals surface area contributed by atoms with Crippen LogP contribution in [0.3, 0.4) is 0 Å². The van der Waals surface area contributed by atoms with E-state index in [1.165, 1.54) is 6.92 Å². The van der Waals surface area contributed by atoms with Crippen molar-refractivity contribution in [2.45, 2.75) is 33.1 Å². The van der Waals surface area contributed by atoms with Crippen molar-refractivity contribution in [1.29, 1.82) is 0 Å². The molecule has 0 bridgehead atoms. The first-order valence-electron chi connectivity index (χ1n) is 10.5. The number of rotatable bonds is 8. The molecule has 0 saturated heterocycles. The fourth-order valence-electron chi connectivity index (χ4n) is 3.65. The molecule has 0 fully saturated rings. The van der Waals surface area contributed by atoms with Crippen LogP contribution < -0.4 is 0 Å². The van der Waals surface area contributed by atoms with Gasteiger partial charge in [-0.2, -0.15) is 0 Å². The van der Waals surface area contributed by atoms with Gasteiger partial charge in [-0.15, -0.1) is 0 Å². The fraction of sp³-hybridized carbons (Fsp3) is 0.185. The highest BCUT2D eigenvalue weighted by atomic mass is 16.5. The first-order chi connectivity index (χ1) is 15.4. The number of hydrogen-bond acceptors (Lipinski definition) is 3. The Kier molecular flexibility index (Phi) is 6.19. The minimum Gasteiger partial charge on any atom is -0.479 e. The van der Waals surface area contributed by atoms with Gasteiger partial charge in [0.2, 0.25) is 0 Å². The van der Waals surface area contributed by atoms with Crippen molar-refractivity contribution >= 4 is 22.7 Å². The van der Waals surface area contributed by atoms with E-state index in [2.05, 4.69) is 4.57 Å². The average molecular weight is 428 g/mol. The number of ketones is 1. The van der Waals surface area contributed by atoms with Crippen molar-refractivity contribution in [2.24, 2.45) is 0 Å². The Morgan fingerprint density at radius 3 is 2.28 bits per heavy atom. The van der Waals surface area contributed by atoms with Crippen LogP contribution in [0.2, 0.25) is 0 Å². The van der Waals surface area contributed by atoms with Crippen molar-refractivity contribution in [3.8, 4) is 0 Å². The van der Waals surface area contributed by atoms with Crippen molar-refractivity contribution in [1.82, 2.24) is 4.57 Å². The molecular weight excluding hydrogens is 402 g/mol. The third-order valence-electron chi connectivity index (χ3n) is 5.57. The van der Waals surface area contributed by atoms with Gasteiger partial charge in [0.05, 0.1) is 6.61 Å². The zero-order chi connectivity index (χ0) is 22.7. The van der Waals surface area contributed by atoms with Crippen LogP contribution >= 0.6 is 0 Å². The summed E-state index contributed by atoms with van der Waals surface area (Å²) in [6.45, 7) is 4.39. The van der Waals surface area contributed by atoms with Gasteiger partial charge >= 0.3 is 5.97 Å². The summed E-state index contributed by atoms with van der Waals surface area (Å²) in [6.07, 6.45) is 1.09. The molecule has 32 heavy (non-hydrogen) atoms. The van der Waals surface area contributed by atoms with Crippen molar-refractivity contribution in [2.75, 3.05) is 0 Å². The maximum atomic E-state index is 13.2. The van der Waals surface area contributed by atoms with Crippen LogP contribution in [0.15, 0.2) is 79.0 Å². The van der Waals surface area contributed by atoms with Gasteiger partial charge in [-0.05, 0) is 31.0 Å². The van der Waals surface area contributed by atoms with Crippen LogP contribution in [0.25, 0.3) is 10.9 Å². The largest absolute Gasteiger partial charge is 0.479 e. The number of hydrogen-bond donors (Lipinski definition) is 1. The van der Waals surface area contributed by atoms with Crippen LogP contribution in [-0.2, 0) is 22.7 Å². The molecular formula is C27H25NO4. The number of aliphatic carboxylic acids is 1. The second-order valence-electron chi connectivity index (χ2n) is 7.99. The molecule has 0 aliphatic rings. The van der Waals surface area contributed by atoms with Crippen LogP contribution in [0.5, 0.6) is 0 Å². The van der Waals surface area contributed by atoms with E-state index in [4.69, 9.17) is 9.84 Å². The van der Waals surface area contributed by atoms with E-state index in [-0.39, 0.29) is 12.4 Å². The topological polar surface area (TPSA) is 68.5 Å². The quantitative estimate of drug-likeness (QED) is 0.392. The lowest BCUT2D eigenvalue weighted by atomic mass is 10.0. The molecule has 0 aliphatic heterocycles. The van der Waals surface area contributed by atoms with Crippen LogP contribution in [0.1, 0.15) is 39.5 Å². The number of benzene rings is 3. The molecule has 0 amide bonds. The Morgan fingerprint density at radius 1 is 0.938 bits per heavy atom. The Bertz CT molecular complexity index is 1250. The van der Waals surface area contributed by atoms with E-state index in [1.807, 2.05) is 85.9 Å². The number of aryl methyl sites for hydroxylation is 1. The third kappa shape index (κ3) is 4.63. The summed E-state index contributed by atoms with van der Waals surface area (Å²) >= 11 is 0. The number of para-hydroxylation sites is 1. The number of carboxylic acids is 1. The summed E-state index contributed by atoms with van der Waals surface area (Å²) in [4.78, 5) is 24.1. The molecule has 0 unspecified atom stereocenters. The molecule has 1 heterocycles. The second-order valence-corrected chi connectivity index (χ2v) is 7.99. The average Bonchev–Trinajstić information content (AvgIpc) is 3.17. The Balaban J connectivity index is 1.57. The maximum Gasteiger partial charge on any atom is 0.332 e. The minimum atomic E-state index is -0.975. The Morgan fingerprint density at radius 2 is 1.59 bits per heavy atom. The SMILES string of the molecule is Cc1ccc(C(=O)c2cn(Cc3ccc(CO[C@H](C)C(=O)O)cc3)c3ccccc23)cc1. The summed E-state index contributed by atoms with van der Waals surface area (Å²) in [5.41, 5.74) is 5.49. The molecule has 1 aromatic heterocycles. The Hall–Kier alpha value is -3.70. The van der Waals surface area contributed by atoms with Gasteiger partial charge in [-0.25, -0.2) is 4.79 Å². The van der Waals surface area contributed by atoms with Crippen LogP contribution in [-0.4, -0.2) is 27.5 Å². The van der Waals surface area contributed by atoms with Gasteiger partial charge in [0.15, 0.2) is 11.9 Å². The summed E-state index contributed by atoms with van der Waals surface area (Å²) in [7, 11) is 0. The molecule has 162 valence electrons. The van der Waals surface area contributed by atoms with Crippen molar-refractivity contribution in [3.63, 3.8) is 0 Å². The molecule has 0 saturated carbocycles. The van der Waals surface area contributed by atoms with E-state index in [0.717, 1.165) is 27.6 Å². The summed E-state index contributed by atoms with van der Waals surface area (Å²) in [5.74, 6) is -0.961. The second kappa shape index (κ2) is 9.20. The zero-order valence-electron chi connectivity index (χ0n) is 18.1. The predicted octanol–water partition coefficient (Wildman–Crippen LogP) is 5.22. The first-order valence-corrected chi connectivity index (χ1v) is 10.5. The van der Waals surface area contributed by atoms with Gasteiger partial charge < -0.3 is 14.4 Å². The van der Waals surface area contributed by atoms with Crippen LogP contribution in [0, 0.1) is 6.92 Å². The van der Waals surface area contributed by atoms with Crippen LogP contribution in [0.4, 0.5) is 0 Å². The molecule has 4 rings (SSSR count). The molecule has 5 heteroatoms. The lowest BCUT2D eigenvalue weighted by Gasteiger charge is -2.10. The number of ether oxygens (including phenoxy) is 1. The number of carboxylic acid groups (broad SMARTS) is 1. The molecule has 0 aliphatic carbocycles. The third-order valence-corrected chi connectivity index (χ3v) is 5.57. The number of nitrogens with zero attached hydrogens (tertiary/aromatic N) is 1. The van der Waals surface area contributed by atoms with Gasteiger partial charge in [-0.3, -0.25) is 4.79 Å². The monoisotopic (exact) mass is 427 g/mol. The predicted molar refractivity (Wildman–Crippen MR) is 124 cm³/mol. The molecule has 0 radical (unpaired) electrons. The number of aromatic nitrogens is 1. The normalized spacial score (nSPS) is 12.1. The van der Waals surface area contributed by atoms with E-state index in [0.29, 0.717) is 17.7 Å². The van der Waals surface area contributed by atoms with Crippen molar-refractivity contribution < 1.29 is 19.4 Å². The molecule has 3 aromatic carbocycles. The lowest BCUT2D eigenvalue weighted by Crippen LogP contribution is -2.19. The standard InChI is InChI=1S/C27H25NO4/c1-18-7-13-22(14-8-18)26(29)24-16-28(25-6-4-3-5-23(24)25)15-20-9-11-21(12-10-20)17-32-19(2)27(30)31/h3-14,16,19H,15,17H2,1-2H3,(H,30,31)/t19-/m1/s1. The van der Waals surface area contributed by atoms with Gasteiger partial charge in [-0.1, -0.05) is 72.3 Å². The molecule has 4 aromatic rings. The molecule has 1 N–H and O–H groups in total. The van der Waals surface area contributed by atoms with E-state index in [9.17, 15) is 9.59 Å². The smallest absolute Gasteiger partial charge is 0.332 e. The summed E-state index contributed by atoms with van der Waals surface area (Å²) in [6, 6.07) is 23.5. The maximum absolute atomic E-state index is 13.2. The summed E-state index contributed by atoms with van der Waals surface area (Å²) < 4.78 is 7.43. The highest BCUT2D eigenvalue weighted by Crippen LogP contribution is 2.25. The number of carbonyl (C=O) groups is 2. The van der Waals surface area contributed by atoms with Gasteiger partial charge in [0.1, 0.15) is 0 Å². The van der Waals surface area contributed by atoms with E-state index >= 15 is 0 Å². The minimum absolute atomic E-state index is 0.0139. The highest BCUT2D eigenvalue weighted by Gasteiger charge is 2.17. The fourth-order valence-corrected chi connectivity index (χ4v) is 3.65. The van der Waals surface area contributed by atoms with Gasteiger partial charge in [0, 0.05) is 34.8 Å². The zero-order valence-corrected chi connectivity index (χ0v) is 18.1. The Labute approximate surface area is 186 Å². The highest BCUT2D eigenvalue weighted by molar-refractivity contribution is 6.16. The number of fused-ring (bicyclic) bond motifs is 1. The lowest BCUT2D eigenvalue weighted by molar-refractivity contribution is -0.149. The van der Waals surface area contributed by atoms with Crippen molar-refractivity contribution in [3.05, 3.63) is 107 Å². The van der Waals surface area contributed by atoms with E-state index in [1.54, 1.807) is 0 Å². The van der Waals surface area contributed by atoms with E-state index < -0.39 is 12.1 Å².